The lowest BCUT2D eigenvalue weighted by atomic mass is 9.86. The molecule has 0 aromatic heterocycles. The van der Waals surface area contributed by atoms with Crippen LogP contribution in [0.4, 0.5) is 0 Å². The molecular formula is C15H30N2O. The molecule has 1 aliphatic rings. The van der Waals surface area contributed by atoms with Crippen LogP contribution in [0.5, 0.6) is 0 Å². The summed E-state index contributed by atoms with van der Waals surface area (Å²) in [6, 6.07) is 0. The maximum Gasteiger partial charge on any atom is 0.223 e. The first kappa shape index (κ1) is 15.5. The van der Waals surface area contributed by atoms with Crippen LogP contribution in [0, 0.1) is 11.3 Å². The summed E-state index contributed by atoms with van der Waals surface area (Å²) >= 11 is 0. The fourth-order valence-corrected chi connectivity index (χ4v) is 2.97. The molecule has 1 amide bonds. The zero-order valence-electron chi connectivity index (χ0n) is 12.1. The highest BCUT2D eigenvalue weighted by Gasteiger charge is 2.33. The molecule has 3 nitrogen and oxygen atoms in total. The first-order valence-corrected chi connectivity index (χ1v) is 7.65. The summed E-state index contributed by atoms with van der Waals surface area (Å²) in [5.74, 6) is 0.437. The molecule has 0 spiro atoms. The monoisotopic (exact) mass is 254 g/mol. The van der Waals surface area contributed by atoms with Crippen LogP contribution in [-0.4, -0.2) is 19.0 Å². The maximum atomic E-state index is 12.1. The number of carbonyl (C=O) groups excluding carboxylic acids is 1. The van der Waals surface area contributed by atoms with Crippen LogP contribution in [-0.2, 0) is 4.79 Å². The minimum absolute atomic E-state index is 0.193. The lowest BCUT2D eigenvalue weighted by molar-refractivity contribution is -0.125. The Kier molecular flexibility index (Phi) is 6.69. The molecule has 0 aromatic rings. The number of unbranched alkanes of at least 4 members (excludes halogenated alkanes) is 1. The van der Waals surface area contributed by atoms with E-state index in [0.29, 0.717) is 6.54 Å². The molecule has 0 radical (unpaired) electrons. The van der Waals surface area contributed by atoms with E-state index in [1.54, 1.807) is 0 Å². The number of rotatable bonds is 8. The zero-order valence-corrected chi connectivity index (χ0v) is 12.1. The van der Waals surface area contributed by atoms with E-state index in [1.807, 2.05) is 0 Å². The summed E-state index contributed by atoms with van der Waals surface area (Å²) in [6.07, 6.45) is 9.16. The molecule has 3 heteroatoms. The van der Waals surface area contributed by atoms with Gasteiger partial charge in [0.1, 0.15) is 0 Å². The molecule has 18 heavy (non-hydrogen) atoms. The van der Waals surface area contributed by atoms with Crippen molar-refractivity contribution in [1.82, 2.24) is 5.32 Å². The van der Waals surface area contributed by atoms with Gasteiger partial charge in [-0.05, 0) is 37.6 Å². The summed E-state index contributed by atoms with van der Waals surface area (Å²) in [4.78, 5) is 12.1. The van der Waals surface area contributed by atoms with E-state index >= 15 is 0 Å². The third-order valence-corrected chi connectivity index (χ3v) is 4.50. The second-order valence-corrected chi connectivity index (χ2v) is 5.88. The minimum Gasteiger partial charge on any atom is -0.355 e. The maximum absolute atomic E-state index is 12.1. The number of hydrogen-bond acceptors (Lipinski definition) is 2. The van der Waals surface area contributed by atoms with E-state index in [1.165, 1.54) is 25.7 Å². The Morgan fingerprint density at radius 1 is 1.33 bits per heavy atom. The summed E-state index contributed by atoms with van der Waals surface area (Å²) in [5, 5.41) is 3.16. The van der Waals surface area contributed by atoms with Crippen LogP contribution in [0.1, 0.15) is 65.2 Å². The number of hydrogen-bond donors (Lipinski definition) is 2. The van der Waals surface area contributed by atoms with Crippen LogP contribution < -0.4 is 11.1 Å². The Morgan fingerprint density at radius 2 is 2.00 bits per heavy atom. The molecule has 1 fully saturated rings. The van der Waals surface area contributed by atoms with Crippen molar-refractivity contribution < 1.29 is 4.79 Å². The molecule has 3 N–H and O–H groups in total. The summed E-state index contributed by atoms with van der Waals surface area (Å²) < 4.78 is 0. The lowest BCUT2D eigenvalue weighted by Crippen LogP contribution is -2.42. The Labute approximate surface area is 112 Å². The summed E-state index contributed by atoms with van der Waals surface area (Å²) in [5.41, 5.74) is 6.09. The van der Waals surface area contributed by atoms with Crippen LogP contribution in [0.3, 0.4) is 0 Å². The van der Waals surface area contributed by atoms with Gasteiger partial charge in [0, 0.05) is 12.5 Å². The Balaban J connectivity index is 2.38. The number of amides is 1. The third-order valence-electron chi connectivity index (χ3n) is 4.50. The van der Waals surface area contributed by atoms with Gasteiger partial charge in [0.2, 0.25) is 5.91 Å². The van der Waals surface area contributed by atoms with Crippen molar-refractivity contribution in [1.29, 1.82) is 0 Å². The van der Waals surface area contributed by atoms with Gasteiger partial charge in [-0.25, -0.2) is 0 Å². The highest BCUT2D eigenvalue weighted by atomic mass is 16.1. The molecule has 1 unspecified atom stereocenters. The van der Waals surface area contributed by atoms with Crippen LogP contribution in [0.2, 0.25) is 0 Å². The Bertz CT molecular complexity index is 247. The molecule has 106 valence electrons. The standard InChI is InChI=1S/C15H30N2O/c1-3-5-8-13(4-2)14(18)17-12-15(11-16)9-6-7-10-15/h13H,3-12,16H2,1-2H3,(H,17,18). The van der Waals surface area contributed by atoms with Crippen molar-refractivity contribution in [2.75, 3.05) is 13.1 Å². The van der Waals surface area contributed by atoms with Gasteiger partial charge in [-0.1, -0.05) is 39.5 Å². The first-order valence-electron chi connectivity index (χ1n) is 7.65. The molecule has 0 aliphatic heterocycles. The predicted octanol–water partition coefficient (Wildman–Crippen LogP) is 2.84. The quantitative estimate of drug-likeness (QED) is 0.700. The van der Waals surface area contributed by atoms with Crippen molar-refractivity contribution in [2.45, 2.75) is 65.2 Å². The third kappa shape index (κ3) is 4.27. The molecular weight excluding hydrogens is 224 g/mol. The fourth-order valence-electron chi connectivity index (χ4n) is 2.97. The SMILES string of the molecule is CCCCC(CC)C(=O)NCC1(CN)CCCC1. The Morgan fingerprint density at radius 3 is 2.50 bits per heavy atom. The van der Waals surface area contributed by atoms with Gasteiger partial charge in [-0.2, -0.15) is 0 Å². The van der Waals surface area contributed by atoms with Crippen LogP contribution in [0.15, 0.2) is 0 Å². The lowest BCUT2D eigenvalue weighted by Gasteiger charge is -2.28. The van der Waals surface area contributed by atoms with Gasteiger partial charge in [-0.3, -0.25) is 4.79 Å². The zero-order chi connectivity index (χ0) is 13.4. The van der Waals surface area contributed by atoms with E-state index in [0.717, 1.165) is 32.2 Å². The first-order chi connectivity index (χ1) is 8.67. The van der Waals surface area contributed by atoms with E-state index in [-0.39, 0.29) is 17.2 Å². The average Bonchev–Trinajstić information content (AvgIpc) is 2.87. The van der Waals surface area contributed by atoms with Crippen molar-refractivity contribution in [3.8, 4) is 0 Å². The van der Waals surface area contributed by atoms with Crippen molar-refractivity contribution in [2.24, 2.45) is 17.1 Å². The van der Waals surface area contributed by atoms with Gasteiger partial charge in [0.25, 0.3) is 0 Å². The highest BCUT2D eigenvalue weighted by Crippen LogP contribution is 2.36. The van der Waals surface area contributed by atoms with Crippen LogP contribution in [0.25, 0.3) is 0 Å². The van der Waals surface area contributed by atoms with E-state index in [4.69, 9.17) is 5.73 Å². The fraction of sp³-hybridized carbons (Fsp3) is 0.933. The van der Waals surface area contributed by atoms with Gasteiger partial charge in [0.05, 0.1) is 0 Å². The molecule has 0 aromatic carbocycles. The molecule has 0 bridgehead atoms. The molecule has 1 rings (SSSR count). The van der Waals surface area contributed by atoms with E-state index in [2.05, 4.69) is 19.2 Å². The smallest absolute Gasteiger partial charge is 0.223 e. The minimum atomic E-state index is 0.193. The van der Waals surface area contributed by atoms with Crippen molar-refractivity contribution in [3.63, 3.8) is 0 Å². The highest BCUT2D eigenvalue weighted by molar-refractivity contribution is 5.78. The van der Waals surface area contributed by atoms with E-state index < -0.39 is 0 Å². The predicted molar refractivity (Wildman–Crippen MR) is 76.3 cm³/mol. The molecule has 1 aliphatic carbocycles. The largest absolute Gasteiger partial charge is 0.355 e. The second kappa shape index (κ2) is 7.78. The molecule has 0 saturated heterocycles. The van der Waals surface area contributed by atoms with Gasteiger partial charge in [-0.15, -0.1) is 0 Å². The van der Waals surface area contributed by atoms with Crippen molar-refractivity contribution in [3.05, 3.63) is 0 Å². The van der Waals surface area contributed by atoms with Crippen molar-refractivity contribution >= 4 is 5.91 Å². The summed E-state index contributed by atoms with van der Waals surface area (Å²) in [7, 11) is 0. The Hall–Kier alpha value is -0.570. The average molecular weight is 254 g/mol. The van der Waals surface area contributed by atoms with Crippen LogP contribution >= 0.6 is 0 Å². The van der Waals surface area contributed by atoms with Gasteiger partial charge in [0.15, 0.2) is 0 Å². The normalized spacial score (nSPS) is 19.7. The summed E-state index contributed by atoms with van der Waals surface area (Å²) in [6.45, 7) is 5.77. The van der Waals surface area contributed by atoms with Gasteiger partial charge < -0.3 is 11.1 Å². The molecule has 1 atom stereocenters. The second-order valence-electron chi connectivity index (χ2n) is 5.88. The number of carbonyl (C=O) groups is 1. The molecule has 1 saturated carbocycles. The molecule has 0 heterocycles. The van der Waals surface area contributed by atoms with E-state index in [9.17, 15) is 4.79 Å². The number of nitrogens with one attached hydrogen (secondary N) is 1. The number of nitrogens with two attached hydrogens (primary N) is 1. The van der Waals surface area contributed by atoms with Gasteiger partial charge >= 0.3 is 0 Å². The topological polar surface area (TPSA) is 55.1 Å².